The number of methoxy groups -OCH3 is 1. The van der Waals surface area contributed by atoms with Crippen molar-refractivity contribution in [3.63, 3.8) is 0 Å². The van der Waals surface area contributed by atoms with E-state index in [1.807, 2.05) is 13.0 Å². The van der Waals surface area contributed by atoms with Crippen molar-refractivity contribution in [1.82, 2.24) is 15.5 Å². The van der Waals surface area contributed by atoms with Gasteiger partial charge in [0.2, 0.25) is 5.89 Å². The van der Waals surface area contributed by atoms with Gasteiger partial charge in [-0.15, -0.1) is 11.3 Å². The van der Waals surface area contributed by atoms with Crippen molar-refractivity contribution in [3.05, 3.63) is 33.6 Å². The summed E-state index contributed by atoms with van der Waals surface area (Å²) in [5.41, 5.74) is 0. The van der Waals surface area contributed by atoms with Crippen LogP contribution in [0.2, 0.25) is 0 Å². The maximum absolute atomic E-state index is 11.7. The van der Waals surface area contributed by atoms with Crippen molar-refractivity contribution < 1.29 is 14.1 Å². The van der Waals surface area contributed by atoms with E-state index in [4.69, 9.17) is 9.26 Å². The number of nitrogens with zero attached hydrogens (tertiary/aromatic N) is 2. The highest BCUT2D eigenvalue weighted by atomic mass is 32.1. The molecule has 0 atom stereocenters. The Balaban J connectivity index is 1.88. The zero-order valence-corrected chi connectivity index (χ0v) is 10.9. The van der Waals surface area contributed by atoms with Gasteiger partial charge in [-0.05, 0) is 19.1 Å². The van der Waals surface area contributed by atoms with Crippen molar-refractivity contribution in [1.29, 1.82) is 0 Å². The Labute approximate surface area is 108 Å². The molecular formula is C11H13N3O3S. The molecule has 0 fully saturated rings. The SMILES string of the molecule is COCc1noc(CNC(=O)c2ccc(C)s2)n1. The molecule has 0 aliphatic carbocycles. The molecule has 1 amide bonds. The Morgan fingerprint density at radius 2 is 2.39 bits per heavy atom. The van der Waals surface area contributed by atoms with Gasteiger partial charge < -0.3 is 14.6 Å². The van der Waals surface area contributed by atoms with Gasteiger partial charge >= 0.3 is 0 Å². The minimum absolute atomic E-state index is 0.139. The minimum atomic E-state index is -0.139. The Kier molecular flexibility index (Phi) is 4.06. The quantitative estimate of drug-likeness (QED) is 0.888. The number of hydrogen-bond donors (Lipinski definition) is 1. The predicted octanol–water partition coefficient (Wildman–Crippen LogP) is 1.52. The van der Waals surface area contributed by atoms with E-state index in [2.05, 4.69) is 15.5 Å². The van der Waals surface area contributed by atoms with Crippen LogP contribution < -0.4 is 5.32 Å². The summed E-state index contributed by atoms with van der Waals surface area (Å²) in [6.45, 7) is 2.46. The molecule has 96 valence electrons. The van der Waals surface area contributed by atoms with Gasteiger partial charge in [0.05, 0.1) is 11.4 Å². The predicted molar refractivity (Wildman–Crippen MR) is 65.2 cm³/mol. The van der Waals surface area contributed by atoms with Crippen LogP contribution in [0.1, 0.15) is 26.3 Å². The zero-order chi connectivity index (χ0) is 13.0. The number of ether oxygens (including phenoxy) is 1. The number of nitrogens with one attached hydrogen (secondary N) is 1. The second-order valence-electron chi connectivity index (χ2n) is 3.63. The van der Waals surface area contributed by atoms with Gasteiger partial charge in [-0.25, -0.2) is 0 Å². The van der Waals surface area contributed by atoms with Crippen molar-refractivity contribution in [2.45, 2.75) is 20.1 Å². The van der Waals surface area contributed by atoms with Gasteiger partial charge in [0.15, 0.2) is 5.82 Å². The fourth-order valence-corrected chi connectivity index (χ4v) is 2.13. The van der Waals surface area contributed by atoms with Crippen molar-refractivity contribution in [3.8, 4) is 0 Å². The first-order valence-electron chi connectivity index (χ1n) is 5.34. The molecule has 6 nitrogen and oxygen atoms in total. The summed E-state index contributed by atoms with van der Waals surface area (Å²) in [7, 11) is 1.55. The van der Waals surface area contributed by atoms with E-state index in [1.165, 1.54) is 11.3 Å². The third-order valence-corrected chi connectivity index (χ3v) is 3.15. The highest BCUT2D eigenvalue weighted by molar-refractivity contribution is 7.13. The van der Waals surface area contributed by atoms with Crippen LogP contribution in [-0.4, -0.2) is 23.2 Å². The molecule has 7 heteroatoms. The molecule has 1 N–H and O–H groups in total. The van der Waals surface area contributed by atoms with Crippen LogP contribution in [0.4, 0.5) is 0 Å². The summed E-state index contributed by atoms with van der Waals surface area (Å²) in [6, 6.07) is 3.70. The largest absolute Gasteiger partial charge is 0.377 e. The van der Waals surface area contributed by atoms with Crippen molar-refractivity contribution in [2.75, 3.05) is 7.11 Å². The number of amides is 1. The standard InChI is InChI=1S/C11H13N3O3S/c1-7-3-4-8(18-7)11(15)12-5-10-13-9(6-16-2)14-17-10/h3-4H,5-6H2,1-2H3,(H,12,15). The van der Waals surface area contributed by atoms with Crippen LogP contribution in [0.5, 0.6) is 0 Å². The molecule has 0 bridgehead atoms. The van der Waals surface area contributed by atoms with Gasteiger partial charge in [-0.3, -0.25) is 4.79 Å². The second kappa shape index (κ2) is 5.74. The lowest BCUT2D eigenvalue weighted by Crippen LogP contribution is -2.21. The van der Waals surface area contributed by atoms with E-state index in [1.54, 1.807) is 13.2 Å². The van der Waals surface area contributed by atoms with E-state index in [0.29, 0.717) is 23.2 Å². The van der Waals surface area contributed by atoms with Crippen molar-refractivity contribution in [2.24, 2.45) is 0 Å². The Morgan fingerprint density at radius 3 is 3.06 bits per heavy atom. The third kappa shape index (κ3) is 3.14. The number of carbonyl (C=O) groups is 1. The first kappa shape index (κ1) is 12.7. The van der Waals surface area contributed by atoms with E-state index in [-0.39, 0.29) is 12.5 Å². The second-order valence-corrected chi connectivity index (χ2v) is 4.92. The normalized spacial score (nSPS) is 10.6. The molecule has 0 saturated heterocycles. The fraction of sp³-hybridized carbons (Fsp3) is 0.364. The molecule has 0 unspecified atom stereocenters. The molecule has 2 heterocycles. The Hall–Kier alpha value is -1.73. The van der Waals surface area contributed by atoms with E-state index in [0.717, 1.165) is 4.88 Å². The average molecular weight is 267 g/mol. The molecule has 0 aliphatic rings. The number of aryl methyl sites for hydroxylation is 1. The van der Waals surface area contributed by atoms with Gasteiger partial charge in [-0.2, -0.15) is 4.98 Å². The number of carbonyl (C=O) groups excluding carboxylic acids is 1. The molecule has 0 spiro atoms. The molecule has 18 heavy (non-hydrogen) atoms. The van der Waals surface area contributed by atoms with Gasteiger partial charge in [0.1, 0.15) is 6.61 Å². The lowest BCUT2D eigenvalue weighted by Gasteiger charge is -1.98. The van der Waals surface area contributed by atoms with Crippen LogP contribution in [0.25, 0.3) is 0 Å². The zero-order valence-electron chi connectivity index (χ0n) is 10.1. The fourth-order valence-electron chi connectivity index (χ4n) is 1.35. The van der Waals surface area contributed by atoms with Gasteiger partial charge in [-0.1, -0.05) is 5.16 Å². The van der Waals surface area contributed by atoms with Crippen LogP contribution >= 0.6 is 11.3 Å². The minimum Gasteiger partial charge on any atom is -0.377 e. The first-order chi connectivity index (χ1) is 8.69. The van der Waals surface area contributed by atoms with Crippen molar-refractivity contribution >= 4 is 17.2 Å². The smallest absolute Gasteiger partial charge is 0.261 e. The van der Waals surface area contributed by atoms with Crippen LogP contribution in [0, 0.1) is 6.92 Å². The highest BCUT2D eigenvalue weighted by Gasteiger charge is 2.10. The first-order valence-corrected chi connectivity index (χ1v) is 6.15. The number of thiophene rings is 1. The summed E-state index contributed by atoms with van der Waals surface area (Å²) < 4.78 is 9.82. The monoisotopic (exact) mass is 267 g/mol. The third-order valence-electron chi connectivity index (χ3n) is 2.15. The molecule has 2 aromatic rings. The highest BCUT2D eigenvalue weighted by Crippen LogP contribution is 2.14. The number of hydrogen-bond acceptors (Lipinski definition) is 6. The number of aromatic nitrogens is 2. The average Bonchev–Trinajstić information content (AvgIpc) is 2.96. The number of rotatable bonds is 5. The van der Waals surface area contributed by atoms with E-state index in [9.17, 15) is 4.79 Å². The molecule has 2 rings (SSSR count). The molecule has 2 aromatic heterocycles. The van der Waals surface area contributed by atoms with Crippen LogP contribution in [-0.2, 0) is 17.9 Å². The van der Waals surface area contributed by atoms with Gasteiger partial charge in [0.25, 0.3) is 5.91 Å². The van der Waals surface area contributed by atoms with Gasteiger partial charge in [0, 0.05) is 12.0 Å². The molecule has 0 saturated carbocycles. The van der Waals surface area contributed by atoms with E-state index >= 15 is 0 Å². The summed E-state index contributed by atoms with van der Waals surface area (Å²) in [5, 5.41) is 6.42. The lowest BCUT2D eigenvalue weighted by atomic mass is 10.4. The van der Waals surface area contributed by atoms with Crippen LogP contribution in [0.15, 0.2) is 16.7 Å². The summed E-state index contributed by atoms with van der Waals surface area (Å²) in [6.07, 6.45) is 0. The molecule has 0 aliphatic heterocycles. The Bertz CT molecular complexity index is 535. The van der Waals surface area contributed by atoms with Crippen LogP contribution in [0.3, 0.4) is 0 Å². The molecule has 0 aromatic carbocycles. The lowest BCUT2D eigenvalue weighted by molar-refractivity contribution is 0.0950. The van der Waals surface area contributed by atoms with E-state index < -0.39 is 0 Å². The summed E-state index contributed by atoms with van der Waals surface area (Å²) in [4.78, 5) is 17.6. The maximum Gasteiger partial charge on any atom is 0.261 e. The maximum atomic E-state index is 11.7. The molecular weight excluding hydrogens is 254 g/mol. The summed E-state index contributed by atoms with van der Waals surface area (Å²) >= 11 is 1.45. The topological polar surface area (TPSA) is 77.3 Å². The molecule has 0 radical (unpaired) electrons. The Morgan fingerprint density at radius 1 is 1.56 bits per heavy atom. The summed E-state index contributed by atoms with van der Waals surface area (Å²) in [5.74, 6) is 0.692.